The number of hydrogen-bond donors (Lipinski definition) is 2. The molecule has 2 rings (SSSR count). The highest BCUT2D eigenvalue weighted by molar-refractivity contribution is 6.33. The zero-order valence-corrected chi connectivity index (χ0v) is 13.6. The number of nitrogens with zero attached hydrogens (tertiary/aromatic N) is 1. The smallest absolute Gasteiger partial charge is 0.275 e. The minimum atomic E-state index is 0.158. The molecule has 0 bridgehead atoms. The summed E-state index contributed by atoms with van der Waals surface area (Å²) in [6, 6.07) is 8.21. The van der Waals surface area contributed by atoms with Crippen LogP contribution >= 0.6 is 11.6 Å². The number of amides is 1. The Bertz CT molecular complexity index is 472. The number of carbonyl (C=O) groups is 1. The maximum Gasteiger partial charge on any atom is 0.275 e. The molecule has 0 aromatic heterocycles. The highest BCUT2D eigenvalue weighted by atomic mass is 35.5. The number of benzene rings is 1. The average molecular weight is 311 g/mol. The van der Waals surface area contributed by atoms with Crippen LogP contribution in [0.2, 0.25) is 5.02 Å². The molecule has 1 aliphatic rings. The molecule has 0 aliphatic carbocycles. The van der Waals surface area contributed by atoms with Gasteiger partial charge < -0.3 is 15.1 Å². The van der Waals surface area contributed by atoms with Crippen LogP contribution in [0.4, 0.5) is 5.69 Å². The third kappa shape index (κ3) is 4.61. The predicted octanol–water partition coefficient (Wildman–Crippen LogP) is 0.960. The van der Waals surface area contributed by atoms with Crippen LogP contribution in [0, 0.1) is 0 Å². The lowest BCUT2D eigenvalue weighted by molar-refractivity contribution is -0.892. The van der Waals surface area contributed by atoms with Gasteiger partial charge in [0, 0.05) is 6.04 Å². The Kier molecular flexibility index (Phi) is 5.88. The zero-order chi connectivity index (χ0) is 15.2. The maximum absolute atomic E-state index is 11.9. The molecule has 5 heteroatoms. The van der Waals surface area contributed by atoms with Gasteiger partial charge in [-0.25, -0.2) is 0 Å². The van der Waals surface area contributed by atoms with Crippen LogP contribution in [0.15, 0.2) is 24.3 Å². The van der Waals surface area contributed by atoms with Crippen molar-refractivity contribution in [1.29, 1.82) is 0 Å². The van der Waals surface area contributed by atoms with E-state index in [9.17, 15) is 4.79 Å². The van der Waals surface area contributed by atoms with Crippen molar-refractivity contribution in [3.05, 3.63) is 29.3 Å². The number of rotatable bonds is 5. The molecule has 0 spiro atoms. The molecule has 1 atom stereocenters. The summed E-state index contributed by atoms with van der Waals surface area (Å²) in [4.78, 5) is 15.6. The van der Waals surface area contributed by atoms with Crippen LogP contribution in [0.5, 0.6) is 0 Å². The van der Waals surface area contributed by atoms with Crippen LogP contribution in [-0.4, -0.2) is 44.7 Å². The molecule has 1 saturated heterocycles. The summed E-state index contributed by atoms with van der Waals surface area (Å²) in [5, 5.41) is 3.84. The van der Waals surface area contributed by atoms with E-state index in [1.54, 1.807) is 0 Å². The molecule has 1 aromatic carbocycles. The third-order valence-corrected chi connectivity index (χ3v) is 4.41. The second kappa shape index (κ2) is 7.66. The molecular weight excluding hydrogens is 286 g/mol. The molecule has 2 N–H and O–H groups in total. The van der Waals surface area contributed by atoms with E-state index in [0.717, 1.165) is 43.3 Å². The monoisotopic (exact) mass is 310 g/mol. The number of halogens is 1. The Labute approximate surface area is 132 Å². The lowest BCUT2D eigenvalue weighted by atomic mass is 10.2. The third-order valence-electron chi connectivity index (χ3n) is 4.09. The summed E-state index contributed by atoms with van der Waals surface area (Å²) >= 11 is 6.24. The van der Waals surface area contributed by atoms with Crippen molar-refractivity contribution in [2.45, 2.75) is 26.3 Å². The van der Waals surface area contributed by atoms with Gasteiger partial charge in [0.2, 0.25) is 0 Å². The van der Waals surface area contributed by atoms with Crippen molar-refractivity contribution in [2.24, 2.45) is 0 Å². The lowest BCUT2D eigenvalue weighted by Crippen LogP contribution is -3.16. The van der Waals surface area contributed by atoms with E-state index < -0.39 is 0 Å². The summed E-state index contributed by atoms with van der Waals surface area (Å²) < 4.78 is 0. The standard InChI is InChI=1S/C16H24ClN3O/c1-3-13(2)18-16(21)12-19-8-10-20(11-9-19)15-7-5-4-6-14(15)17/h4-7,13H,3,8-12H2,1-2H3,(H,18,21)/p+1/t13-/m0/s1. The van der Waals surface area contributed by atoms with Crippen LogP contribution in [0.25, 0.3) is 0 Å². The number of para-hydroxylation sites is 1. The molecular formula is C16H25ClN3O+. The molecule has 116 valence electrons. The van der Waals surface area contributed by atoms with Crippen molar-refractivity contribution in [3.8, 4) is 0 Å². The van der Waals surface area contributed by atoms with Gasteiger partial charge in [0.05, 0.1) is 36.9 Å². The number of piperazine rings is 1. The van der Waals surface area contributed by atoms with Gasteiger partial charge in [-0.3, -0.25) is 4.79 Å². The van der Waals surface area contributed by atoms with Crippen molar-refractivity contribution < 1.29 is 9.69 Å². The first kappa shape index (κ1) is 16.1. The van der Waals surface area contributed by atoms with Crippen molar-refractivity contribution >= 4 is 23.2 Å². The van der Waals surface area contributed by atoms with Gasteiger partial charge in [-0.1, -0.05) is 30.7 Å². The molecule has 1 aliphatic heterocycles. The number of hydrogen-bond acceptors (Lipinski definition) is 2. The minimum Gasteiger partial charge on any atom is -0.359 e. The van der Waals surface area contributed by atoms with E-state index in [1.807, 2.05) is 25.1 Å². The van der Waals surface area contributed by atoms with Crippen LogP contribution in [0.1, 0.15) is 20.3 Å². The molecule has 4 nitrogen and oxygen atoms in total. The highest BCUT2D eigenvalue weighted by Gasteiger charge is 2.23. The van der Waals surface area contributed by atoms with Gasteiger partial charge in [-0.15, -0.1) is 0 Å². The Balaban J connectivity index is 1.81. The Morgan fingerprint density at radius 2 is 2.05 bits per heavy atom. The summed E-state index contributed by atoms with van der Waals surface area (Å²) in [7, 11) is 0. The van der Waals surface area contributed by atoms with E-state index >= 15 is 0 Å². The maximum atomic E-state index is 11.9. The summed E-state index contributed by atoms with van der Waals surface area (Å²) in [6.45, 7) is 8.52. The van der Waals surface area contributed by atoms with E-state index in [0.29, 0.717) is 6.54 Å². The molecule has 1 amide bonds. The number of nitrogens with one attached hydrogen (secondary N) is 2. The molecule has 0 radical (unpaired) electrons. The fourth-order valence-corrected chi connectivity index (χ4v) is 2.86. The summed E-state index contributed by atoms with van der Waals surface area (Å²) in [5.41, 5.74) is 1.10. The van der Waals surface area contributed by atoms with Gasteiger partial charge in [-0.2, -0.15) is 0 Å². The fraction of sp³-hybridized carbons (Fsp3) is 0.562. The topological polar surface area (TPSA) is 36.8 Å². The molecule has 0 saturated carbocycles. The first-order valence-electron chi connectivity index (χ1n) is 7.72. The first-order valence-corrected chi connectivity index (χ1v) is 8.10. The first-order chi connectivity index (χ1) is 10.1. The van der Waals surface area contributed by atoms with Crippen molar-refractivity contribution in [3.63, 3.8) is 0 Å². The van der Waals surface area contributed by atoms with Crippen LogP contribution in [-0.2, 0) is 4.79 Å². The van der Waals surface area contributed by atoms with Crippen LogP contribution in [0.3, 0.4) is 0 Å². The van der Waals surface area contributed by atoms with Gasteiger partial charge in [0.1, 0.15) is 0 Å². The van der Waals surface area contributed by atoms with Gasteiger partial charge in [0.15, 0.2) is 6.54 Å². The van der Waals surface area contributed by atoms with E-state index in [1.165, 1.54) is 4.90 Å². The molecule has 1 fully saturated rings. The fourth-order valence-electron chi connectivity index (χ4n) is 2.60. The summed E-state index contributed by atoms with van der Waals surface area (Å²) in [5.74, 6) is 0.158. The number of carbonyl (C=O) groups excluding carboxylic acids is 1. The van der Waals surface area contributed by atoms with Gasteiger partial charge in [0.25, 0.3) is 5.91 Å². The van der Waals surface area contributed by atoms with E-state index in [2.05, 4.69) is 23.2 Å². The SMILES string of the molecule is CC[C@H](C)NC(=O)C[NH+]1CCN(c2ccccc2Cl)CC1. The quantitative estimate of drug-likeness (QED) is 0.850. The van der Waals surface area contributed by atoms with E-state index in [4.69, 9.17) is 11.6 Å². The normalized spacial score (nSPS) is 17.6. The van der Waals surface area contributed by atoms with E-state index in [-0.39, 0.29) is 11.9 Å². The molecule has 21 heavy (non-hydrogen) atoms. The van der Waals surface area contributed by atoms with Gasteiger partial charge >= 0.3 is 0 Å². The lowest BCUT2D eigenvalue weighted by Gasteiger charge is -2.33. The molecule has 1 heterocycles. The molecule has 1 aromatic rings. The zero-order valence-electron chi connectivity index (χ0n) is 12.9. The minimum absolute atomic E-state index is 0.158. The second-order valence-corrected chi connectivity index (χ2v) is 6.15. The van der Waals surface area contributed by atoms with Crippen LogP contribution < -0.4 is 15.1 Å². The number of quaternary nitrogens is 1. The van der Waals surface area contributed by atoms with Crippen molar-refractivity contribution in [2.75, 3.05) is 37.6 Å². The number of anilines is 1. The predicted molar refractivity (Wildman–Crippen MR) is 87.1 cm³/mol. The second-order valence-electron chi connectivity index (χ2n) is 5.74. The molecule has 0 unspecified atom stereocenters. The highest BCUT2D eigenvalue weighted by Crippen LogP contribution is 2.24. The van der Waals surface area contributed by atoms with Crippen molar-refractivity contribution in [1.82, 2.24) is 5.32 Å². The Morgan fingerprint density at radius 3 is 2.67 bits per heavy atom. The average Bonchev–Trinajstić information content (AvgIpc) is 2.48. The van der Waals surface area contributed by atoms with Gasteiger partial charge in [-0.05, 0) is 25.5 Å². The summed E-state index contributed by atoms with van der Waals surface area (Å²) in [6.07, 6.45) is 0.974. The Hall–Kier alpha value is -1.26. The Morgan fingerprint density at radius 1 is 1.38 bits per heavy atom. The largest absolute Gasteiger partial charge is 0.359 e.